The van der Waals surface area contributed by atoms with Gasteiger partial charge in [-0.2, -0.15) is 0 Å². The largest absolute Gasteiger partial charge is 0.331 e. The average molecular weight is 181 g/mol. The molecule has 1 heteroatoms. The topological polar surface area (TPSA) is 26.0 Å². The second-order valence-corrected chi connectivity index (χ2v) is 5.29. The van der Waals surface area contributed by atoms with Crippen molar-refractivity contribution in [1.29, 1.82) is 0 Å². The van der Waals surface area contributed by atoms with E-state index in [9.17, 15) is 0 Å². The highest BCUT2D eigenvalue weighted by Crippen LogP contribution is 2.53. The molecule has 0 saturated heterocycles. The van der Waals surface area contributed by atoms with E-state index in [1.807, 2.05) is 6.92 Å². The summed E-state index contributed by atoms with van der Waals surface area (Å²) in [5.74, 6) is 4.71. The van der Waals surface area contributed by atoms with Gasteiger partial charge in [-0.15, -0.1) is 0 Å². The molecule has 13 heavy (non-hydrogen) atoms. The zero-order valence-corrected chi connectivity index (χ0v) is 8.84. The van der Waals surface area contributed by atoms with E-state index in [0.717, 1.165) is 6.54 Å². The molecule has 0 unspecified atom stereocenters. The summed E-state index contributed by atoms with van der Waals surface area (Å²) >= 11 is 0. The molecule has 4 aliphatic rings. The Balaban J connectivity index is 0.000000196. The van der Waals surface area contributed by atoms with Crippen LogP contribution in [0.1, 0.15) is 45.4 Å². The molecule has 0 aliphatic heterocycles. The van der Waals surface area contributed by atoms with Gasteiger partial charge in [0.2, 0.25) is 0 Å². The summed E-state index contributed by atoms with van der Waals surface area (Å²) < 4.78 is 0. The van der Waals surface area contributed by atoms with Crippen LogP contribution >= 0.6 is 0 Å². The van der Waals surface area contributed by atoms with Crippen LogP contribution in [0, 0.1) is 23.7 Å². The molecule has 0 aromatic rings. The number of rotatable bonds is 0. The summed E-state index contributed by atoms with van der Waals surface area (Å²) in [6.45, 7) is 2.65. The molecule has 0 spiro atoms. The van der Waals surface area contributed by atoms with Gasteiger partial charge in [0.05, 0.1) is 0 Å². The van der Waals surface area contributed by atoms with Gasteiger partial charge in [0, 0.05) is 0 Å². The van der Waals surface area contributed by atoms with Crippen LogP contribution in [-0.4, -0.2) is 6.54 Å². The van der Waals surface area contributed by atoms with Crippen molar-refractivity contribution in [1.82, 2.24) is 0 Å². The summed E-state index contributed by atoms with van der Waals surface area (Å²) in [6, 6.07) is 0. The number of hydrogen-bond acceptors (Lipinski definition) is 1. The molecule has 2 N–H and O–H groups in total. The molecule has 4 fully saturated rings. The fourth-order valence-electron chi connectivity index (χ4n) is 3.98. The van der Waals surface area contributed by atoms with E-state index in [0.29, 0.717) is 0 Å². The molecule has 4 aliphatic carbocycles. The number of nitrogens with two attached hydrogens (primary N) is 1. The first-order valence-corrected chi connectivity index (χ1v) is 6.01. The van der Waals surface area contributed by atoms with Crippen molar-refractivity contribution in [3.05, 3.63) is 0 Å². The van der Waals surface area contributed by atoms with Crippen LogP contribution in [0.3, 0.4) is 0 Å². The summed E-state index contributed by atoms with van der Waals surface area (Å²) in [5, 5.41) is 0. The van der Waals surface area contributed by atoms with Crippen LogP contribution in [0.25, 0.3) is 0 Å². The first-order chi connectivity index (χ1) is 6.31. The average Bonchev–Trinajstić information content (AvgIpc) is 2.01. The lowest BCUT2D eigenvalue weighted by Gasteiger charge is -2.49. The molecule has 4 rings (SSSR count). The van der Waals surface area contributed by atoms with E-state index in [1.54, 1.807) is 38.5 Å². The Labute approximate surface area is 82.1 Å². The number of hydrogen-bond donors (Lipinski definition) is 1. The van der Waals surface area contributed by atoms with Crippen molar-refractivity contribution in [2.24, 2.45) is 29.4 Å². The van der Waals surface area contributed by atoms with Gasteiger partial charge in [-0.1, -0.05) is 6.92 Å². The third-order valence-electron chi connectivity index (χ3n) is 4.00. The Kier molecular flexibility index (Phi) is 2.92. The third-order valence-corrected chi connectivity index (χ3v) is 4.00. The Morgan fingerprint density at radius 2 is 0.923 bits per heavy atom. The van der Waals surface area contributed by atoms with Crippen molar-refractivity contribution in [2.45, 2.75) is 45.4 Å². The zero-order valence-electron chi connectivity index (χ0n) is 8.84. The molecule has 0 amide bonds. The lowest BCUT2D eigenvalue weighted by molar-refractivity contribution is 0.0198. The van der Waals surface area contributed by atoms with E-state index in [4.69, 9.17) is 5.73 Å². The SMILES string of the molecule is C1C2CC3CC1CC(C2)C3.CCN. The molecule has 0 radical (unpaired) electrons. The highest BCUT2D eigenvalue weighted by Gasteiger charge is 2.41. The Morgan fingerprint density at radius 1 is 0.769 bits per heavy atom. The highest BCUT2D eigenvalue weighted by atomic mass is 14.5. The predicted octanol–water partition coefficient (Wildman–Crippen LogP) is 2.80. The lowest BCUT2D eigenvalue weighted by atomic mass is 9.56. The van der Waals surface area contributed by atoms with Crippen molar-refractivity contribution in [2.75, 3.05) is 6.54 Å². The quantitative estimate of drug-likeness (QED) is 0.611. The zero-order chi connectivity index (χ0) is 9.26. The van der Waals surface area contributed by atoms with Gasteiger partial charge in [-0.05, 0) is 68.7 Å². The first kappa shape index (κ1) is 9.51. The van der Waals surface area contributed by atoms with Crippen molar-refractivity contribution in [3.8, 4) is 0 Å². The van der Waals surface area contributed by atoms with E-state index >= 15 is 0 Å². The molecule has 0 aromatic heterocycles. The Hall–Kier alpha value is -0.0400. The van der Waals surface area contributed by atoms with E-state index in [-0.39, 0.29) is 0 Å². The molecule has 1 nitrogen and oxygen atoms in total. The molecule has 0 heterocycles. The van der Waals surface area contributed by atoms with Crippen LogP contribution in [0.2, 0.25) is 0 Å². The molecular weight excluding hydrogens is 158 g/mol. The fraction of sp³-hybridized carbons (Fsp3) is 1.00. The van der Waals surface area contributed by atoms with Crippen molar-refractivity contribution < 1.29 is 0 Å². The Morgan fingerprint density at radius 3 is 1.08 bits per heavy atom. The van der Waals surface area contributed by atoms with Gasteiger partial charge in [0.1, 0.15) is 0 Å². The summed E-state index contributed by atoms with van der Waals surface area (Å²) in [6.07, 6.45) is 9.62. The molecule has 4 saturated carbocycles. The third kappa shape index (κ3) is 2.07. The molecule has 76 valence electrons. The second-order valence-electron chi connectivity index (χ2n) is 5.29. The maximum absolute atomic E-state index is 4.85. The first-order valence-electron chi connectivity index (χ1n) is 6.01. The van der Waals surface area contributed by atoms with Gasteiger partial charge in [-0.3, -0.25) is 0 Å². The molecule has 0 atom stereocenters. The highest BCUT2D eigenvalue weighted by molar-refractivity contribution is 4.92. The minimum Gasteiger partial charge on any atom is -0.331 e. The summed E-state index contributed by atoms with van der Waals surface area (Å²) in [4.78, 5) is 0. The van der Waals surface area contributed by atoms with Gasteiger partial charge in [-0.25, -0.2) is 0 Å². The molecular formula is C12H23N. The van der Waals surface area contributed by atoms with Gasteiger partial charge in [0.25, 0.3) is 0 Å². The molecule has 0 aromatic carbocycles. The Bertz CT molecular complexity index is 108. The van der Waals surface area contributed by atoms with E-state index in [1.165, 1.54) is 23.7 Å². The van der Waals surface area contributed by atoms with E-state index in [2.05, 4.69) is 0 Å². The van der Waals surface area contributed by atoms with Crippen LogP contribution in [-0.2, 0) is 0 Å². The minimum absolute atomic E-state index is 0.750. The van der Waals surface area contributed by atoms with Gasteiger partial charge >= 0.3 is 0 Å². The van der Waals surface area contributed by atoms with E-state index < -0.39 is 0 Å². The monoisotopic (exact) mass is 181 g/mol. The van der Waals surface area contributed by atoms with Crippen LogP contribution in [0.5, 0.6) is 0 Å². The standard InChI is InChI=1S/C10H16.C2H7N/c1-7-2-9-4-8(1)5-10(3-7)6-9;1-2-3/h7-10H,1-6H2;2-3H2,1H3. The lowest BCUT2D eigenvalue weighted by Crippen LogP contribution is -2.38. The van der Waals surface area contributed by atoms with Crippen LogP contribution < -0.4 is 5.73 Å². The summed E-state index contributed by atoms with van der Waals surface area (Å²) in [7, 11) is 0. The van der Waals surface area contributed by atoms with Crippen molar-refractivity contribution >= 4 is 0 Å². The minimum atomic E-state index is 0.750. The van der Waals surface area contributed by atoms with Crippen LogP contribution in [0.4, 0.5) is 0 Å². The van der Waals surface area contributed by atoms with Gasteiger partial charge < -0.3 is 5.73 Å². The fourth-order valence-corrected chi connectivity index (χ4v) is 3.98. The smallest absolute Gasteiger partial charge is 0.0106 e. The predicted molar refractivity (Wildman–Crippen MR) is 56.4 cm³/mol. The maximum Gasteiger partial charge on any atom is -0.0106 e. The van der Waals surface area contributed by atoms with Crippen molar-refractivity contribution in [3.63, 3.8) is 0 Å². The molecule has 4 bridgehead atoms. The maximum atomic E-state index is 4.85. The second kappa shape index (κ2) is 4.00. The van der Waals surface area contributed by atoms with Gasteiger partial charge in [0.15, 0.2) is 0 Å². The summed E-state index contributed by atoms with van der Waals surface area (Å²) in [5.41, 5.74) is 4.85. The van der Waals surface area contributed by atoms with Crippen LogP contribution in [0.15, 0.2) is 0 Å². The normalized spacial score (nSPS) is 45.7.